The number of aliphatic hydroxyl groups is 1. The number of carbonyl (C=O) groups excluding carboxylic acids is 3. The fourth-order valence-electron chi connectivity index (χ4n) is 3.39. The summed E-state index contributed by atoms with van der Waals surface area (Å²) in [6, 6.07) is -4.74. The van der Waals surface area contributed by atoms with Crippen molar-refractivity contribution < 1.29 is 29.4 Å². The number of aromatic nitrogens is 2. The highest BCUT2D eigenvalue weighted by Crippen LogP contribution is 2.08. The summed E-state index contributed by atoms with van der Waals surface area (Å²) in [5, 5.41) is 26.4. The number of carboxylic acids is 1. The number of hydrogen-bond donors (Lipinski definition) is 9. The van der Waals surface area contributed by atoms with Gasteiger partial charge < -0.3 is 48.3 Å². The molecule has 15 heteroatoms. The second kappa shape index (κ2) is 15.4. The van der Waals surface area contributed by atoms with E-state index in [1.807, 2.05) is 13.8 Å². The van der Waals surface area contributed by atoms with Crippen molar-refractivity contribution in [3.05, 3.63) is 18.2 Å². The third kappa shape index (κ3) is 11.7. The smallest absolute Gasteiger partial charge is 0.328 e. The molecule has 208 valence electrons. The van der Waals surface area contributed by atoms with Crippen molar-refractivity contribution in [3.63, 3.8) is 0 Å². The Hall–Kier alpha value is -3.72. The van der Waals surface area contributed by atoms with Crippen molar-refractivity contribution in [1.82, 2.24) is 25.9 Å². The van der Waals surface area contributed by atoms with Gasteiger partial charge in [0.2, 0.25) is 17.7 Å². The first kappa shape index (κ1) is 31.3. The molecule has 1 aromatic rings. The molecular weight excluding hydrogens is 486 g/mol. The van der Waals surface area contributed by atoms with Crippen LogP contribution in [-0.4, -0.2) is 86.6 Å². The van der Waals surface area contributed by atoms with Gasteiger partial charge in [-0.05, 0) is 32.1 Å². The van der Waals surface area contributed by atoms with Crippen molar-refractivity contribution in [1.29, 1.82) is 0 Å². The van der Waals surface area contributed by atoms with Crippen molar-refractivity contribution >= 4 is 29.7 Å². The molecule has 5 unspecified atom stereocenters. The number of aliphatic hydroxyl groups excluding tert-OH is 1. The minimum Gasteiger partial charge on any atom is -0.480 e. The van der Waals surface area contributed by atoms with Gasteiger partial charge in [-0.25, -0.2) is 9.78 Å². The number of nitrogens with zero attached hydrogens (tertiary/aromatic N) is 2. The third-order valence-corrected chi connectivity index (χ3v) is 5.30. The summed E-state index contributed by atoms with van der Waals surface area (Å²) < 4.78 is 0. The van der Waals surface area contributed by atoms with Crippen LogP contribution in [0.2, 0.25) is 0 Å². The predicted molar refractivity (Wildman–Crippen MR) is 135 cm³/mol. The first-order valence-electron chi connectivity index (χ1n) is 11.9. The summed E-state index contributed by atoms with van der Waals surface area (Å²) in [6.07, 6.45) is 2.37. The Morgan fingerprint density at radius 3 is 2.19 bits per heavy atom. The highest BCUT2D eigenvalue weighted by atomic mass is 16.4. The molecule has 0 aliphatic heterocycles. The van der Waals surface area contributed by atoms with Crippen LogP contribution >= 0.6 is 0 Å². The highest BCUT2D eigenvalue weighted by Gasteiger charge is 2.32. The van der Waals surface area contributed by atoms with Crippen molar-refractivity contribution in [2.45, 2.75) is 76.7 Å². The molecule has 0 aliphatic carbocycles. The zero-order valence-corrected chi connectivity index (χ0v) is 21.3. The lowest BCUT2D eigenvalue weighted by Crippen LogP contribution is -2.58. The van der Waals surface area contributed by atoms with E-state index in [2.05, 4.69) is 30.9 Å². The van der Waals surface area contributed by atoms with Gasteiger partial charge >= 0.3 is 5.97 Å². The van der Waals surface area contributed by atoms with Crippen LogP contribution in [0.25, 0.3) is 0 Å². The standard InChI is InChI=1S/C22H39N9O6/c1-11(2)7-16(30-18(33)14(23)8-13-9-26-10-28-13)20(35)29-15(5-4-6-27-22(24)25)19(34)31-17(12(3)32)21(36)37/h9-12,14-17,32H,4-8,23H2,1-3H3,(H,26,28)(H,29,35)(H,30,33)(H,31,34)(H,36,37)(H4,24,25,27). The second-order valence-corrected chi connectivity index (χ2v) is 9.15. The molecule has 0 radical (unpaired) electrons. The summed E-state index contributed by atoms with van der Waals surface area (Å²) in [5.74, 6) is -3.62. The van der Waals surface area contributed by atoms with Crippen LogP contribution in [0.15, 0.2) is 17.5 Å². The summed E-state index contributed by atoms with van der Waals surface area (Å²) in [7, 11) is 0. The van der Waals surface area contributed by atoms with E-state index in [0.717, 1.165) is 0 Å². The number of aromatic amines is 1. The van der Waals surface area contributed by atoms with Crippen LogP contribution in [0.4, 0.5) is 0 Å². The maximum atomic E-state index is 13.2. The number of nitrogens with one attached hydrogen (secondary N) is 4. The molecule has 0 fully saturated rings. The molecule has 0 saturated heterocycles. The molecule has 1 rings (SSSR count). The minimum atomic E-state index is -1.59. The zero-order valence-electron chi connectivity index (χ0n) is 21.3. The van der Waals surface area contributed by atoms with Gasteiger partial charge in [0.15, 0.2) is 12.0 Å². The van der Waals surface area contributed by atoms with Gasteiger partial charge in [-0.3, -0.25) is 19.4 Å². The lowest BCUT2D eigenvalue weighted by molar-refractivity contribution is -0.145. The van der Waals surface area contributed by atoms with Gasteiger partial charge in [0.25, 0.3) is 0 Å². The lowest BCUT2D eigenvalue weighted by atomic mass is 10.0. The van der Waals surface area contributed by atoms with Crippen LogP contribution in [0.3, 0.4) is 0 Å². The summed E-state index contributed by atoms with van der Waals surface area (Å²) >= 11 is 0. The van der Waals surface area contributed by atoms with Gasteiger partial charge in [-0.1, -0.05) is 13.8 Å². The largest absolute Gasteiger partial charge is 0.480 e. The quantitative estimate of drug-likeness (QED) is 0.0612. The van der Waals surface area contributed by atoms with E-state index < -0.39 is 54.0 Å². The Morgan fingerprint density at radius 2 is 1.68 bits per heavy atom. The lowest BCUT2D eigenvalue weighted by Gasteiger charge is -2.26. The number of carbonyl (C=O) groups is 4. The van der Waals surface area contributed by atoms with E-state index in [1.165, 1.54) is 19.4 Å². The molecule has 0 bridgehead atoms. The molecule has 0 aliphatic rings. The van der Waals surface area contributed by atoms with Gasteiger partial charge in [-0.15, -0.1) is 0 Å². The first-order chi connectivity index (χ1) is 17.3. The number of amides is 3. The maximum Gasteiger partial charge on any atom is 0.328 e. The number of H-pyrrole nitrogens is 1. The molecule has 1 aromatic heterocycles. The van der Waals surface area contributed by atoms with E-state index in [4.69, 9.17) is 17.2 Å². The number of aliphatic carboxylic acids is 1. The average molecular weight is 526 g/mol. The first-order valence-corrected chi connectivity index (χ1v) is 11.9. The van der Waals surface area contributed by atoms with Crippen LogP contribution in [0.1, 0.15) is 45.7 Å². The van der Waals surface area contributed by atoms with Crippen molar-refractivity contribution in [2.75, 3.05) is 6.54 Å². The average Bonchev–Trinajstić information content (AvgIpc) is 3.30. The molecule has 15 nitrogen and oxygen atoms in total. The number of hydrogen-bond acceptors (Lipinski definition) is 8. The Labute approximate surface area is 215 Å². The molecule has 0 aromatic carbocycles. The van der Waals surface area contributed by atoms with E-state index >= 15 is 0 Å². The fraction of sp³-hybridized carbons (Fsp3) is 0.636. The Kier molecular flexibility index (Phi) is 13.0. The van der Waals surface area contributed by atoms with Gasteiger partial charge in [0.1, 0.15) is 12.1 Å². The third-order valence-electron chi connectivity index (χ3n) is 5.30. The number of nitrogens with two attached hydrogens (primary N) is 3. The molecule has 37 heavy (non-hydrogen) atoms. The summed E-state index contributed by atoms with van der Waals surface area (Å²) in [5.41, 5.74) is 17.3. The summed E-state index contributed by atoms with van der Waals surface area (Å²) in [4.78, 5) is 60.7. The maximum absolute atomic E-state index is 13.2. The van der Waals surface area contributed by atoms with Gasteiger partial charge in [-0.2, -0.15) is 0 Å². The van der Waals surface area contributed by atoms with Crippen LogP contribution < -0.4 is 33.2 Å². The molecule has 1 heterocycles. The number of carboxylic acid groups (broad SMARTS) is 1. The SMILES string of the molecule is CC(C)CC(NC(=O)C(N)Cc1cnc[nH]1)C(=O)NC(CCCN=C(N)N)C(=O)NC(C(=O)O)C(C)O. The monoisotopic (exact) mass is 525 g/mol. The number of imidazole rings is 1. The van der Waals surface area contributed by atoms with E-state index in [-0.39, 0.29) is 44.1 Å². The second-order valence-electron chi connectivity index (χ2n) is 9.15. The normalized spacial score (nSPS) is 15.1. The van der Waals surface area contributed by atoms with Gasteiger partial charge in [0, 0.05) is 24.9 Å². The highest BCUT2D eigenvalue weighted by molar-refractivity contribution is 5.94. The molecule has 0 saturated carbocycles. The van der Waals surface area contributed by atoms with Crippen LogP contribution in [0, 0.1) is 5.92 Å². The molecule has 5 atom stereocenters. The number of guanidine groups is 1. The number of aliphatic imine (C=N–C) groups is 1. The number of rotatable bonds is 16. The van der Waals surface area contributed by atoms with Crippen molar-refractivity contribution in [2.24, 2.45) is 28.1 Å². The predicted octanol–water partition coefficient (Wildman–Crippen LogP) is -2.70. The topological polar surface area (TPSA) is 264 Å². The van der Waals surface area contributed by atoms with Gasteiger partial charge in [0.05, 0.1) is 18.5 Å². The van der Waals surface area contributed by atoms with Crippen LogP contribution in [-0.2, 0) is 25.6 Å². The Morgan fingerprint density at radius 1 is 1.05 bits per heavy atom. The van der Waals surface area contributed by atoms with E-state index in [9.17, 15) is 29.4 Å². The molecule has 12 N–H and O–H groups in total. The van der Waals surface area contributed by atoms with Crippen molar-refractivity contribution in [3.8, 4) is 0 Å². The molecular formula is C22H39N9O6. The van der Waals surface area contributed by atoms with Crippen LogP contribution in [0.5, 0.6) is 0 Å². The molecule has 0 spiro atoms. The molecule has 3 amide bonds. The zero-order chi connectivity index (χ0) is 28.1. The summed E-state index contributed by atoms with van der Waals surface area (Å²) in [6.45, 7) is 5.09. The Balaban J connectivity index is 2.99. The minimum absolute atomic E-state index is 0.000606. The Bertz CT molecular complexity index is 916. The van der Waals surface area contributed by atoms with E-state index in [0.29, 0.717) is 5.69 Å². The van der Waals surface area contributed by atoms with E-state index in [1.54, 1.807) is 0 Å². The fourth-order valence-corrected chi connectivity index (χ4v) is 3.39.